The summed E-state index contributed by atoms with van der Waals surface area (Å²) in [4.78, 5) is 12.5. The number of amides is 1. The number of hydrogen-bond donors (Lipinski definition) is 1. The molecule has 0 saturated carbocycles. The van der Waals surface area contributed by atoms with Crippen LogP contribution in [0.1, 0.15) is 32.9 Å². The average molecular weight is 510 g/mol. The summed E-state index contributed by atoms with van der Waals surface area (Å²) in [5.74, 6) is -10.7. The molecule has 2 aromatic heterocycles. The van der Waals surface area contributed by atoms with Gasteiger partial charge in [-0.15, -0.1) is 0 Å². The molecular weight excluding hydrogens is 493 g/mol. The molecule has 0 aliphatic carbocycles. The molecule has 0 saturated heterocycles. The summed E-state index contributed by atoms with van der Waals surface area (Å²) in [6.45, 7) is 3.40. The third-order valence-electron chi connectivity index (χ3n) is 5.34. The minimum Gasteiger partial charge on any atom is -0.305 e. The molecule has 4 rings (SSSR count). The number of aryl methyl sites for hydroxylation is 1. The van der Waals surface area contributed by atoms with Gasteiger partial charge in [0, 0.05) is 17.8 Å². The number of anilines is 1. The van der Waals surface area contributed by atoms with Crippen molar-refractivity contribution in [3.8, 4) is 0 Å². The molecule has 2 heterocycles. The number of carbonyl (C=O) groups excluding carboxylic acids is 1. The van der Waals surface area contributed by atoms with Crippen molar-refractivity contribution in [2.24, 2.45) is 0 Å². The standard InChI is InChI=1S/C23H17ClF5N5O/c1-11-17(24)12(2)34(31-11)9-13-3-5-14(6-4-13)23(35)30-16-7-8-33(32-16)10-15-18(25)20(27)22(29)21(28)19(15)26/h3-8H,9-10H2,1-2H3,(H,30,32,35). The fourth-order valence-corrected chi connectivity index (χ4v) is 3.55. The molecule has 1 amide bonds. The smallest absolute Gasteiger partial charge is 0.256 e. The third-order valence-corrected chi connectivity index (χ3v) is 5.89. The molecule has 0 spiro atoms. The van der Waals surface area contributed by atoms with E-state index in [0.717, 1.165) is 21.6 Å². The van der Waals surface area contributed by atoms with E-state index in [2.05, 4.69) is 15.5 Å². The van der Waals surface area contributed by atoms with E-state index in [1.807, 2.05) is 13.8 Å². The molecule has 12 heteroatoms. The molecule has 35 heavy (non-hydrogen) atoms. The van der Waals surface area contributed by atoms with E-state index < -0.39 is 47.1 Å². The van der Waals surface area contributed by atoms with Gasteiger partial charge in [0.2, 0.25) is 5.82 Å². The number of nitrogens with one attached hydrogen (secondary N) is 1. The van der Waals surface area contributed by atoms with E-state index in [1.54, 1.807) is 28.9 Å². The van der Waals surface area contributed by atoms with Crippen molar-refractivity contribution in [1.82, 2.24) is 19.6 Å². The van der Waals surface area contributed by atoms with E-state index >= 15 is 0 Å². The van der Waals surface area contributed by atoms with Gasteiger partial charge in [-0.1, -0.05) is 23.7 Å². The molecule has 1 N–H and O–H groups in total. The summed E-state index contributed by atoms with van der Waals surface area (Å²) in [7, 11) is 0. The molecule has 182 valence electrons. The highest BCUT2D eigenvalue weighted by Crippen LogP contribution is 2.24. The lowest BCUT2D eigenvalue weighted by molar-refractivity contribution is 0.102. The normalized spacial score (nSPS) is 11.2. The Morgan fingerprint density at radius 1 is 0.886 bits per heavy atom. The van der Waals surface area contributed by atoms with Crippen LogP contribution < -0.4 is 5.32 Å². The monoisotopic (exact) mass is 509 g/mol. The average Bonchev–Trinajstić information content (AvgIpc) is 3.38. The van der Waals surface area contributed by atoms with Gasteiger partial charge in [0.25, 0.3) is 5.91 Å². The second-order valence-corrected chi connectivity index (χ2v) is 8.12. The summed E-state index contributed by atoms with van der Waals surface area (Å²) < 4.78 is 70.5. The topological polar surface area (TPSA) is 64.7 Å². The highest BCUT2D eigenvalue weighted by atomic mass is 35.5. The lowest BCUT2D eigenvalue weighted by Crippen LogP contribution is -2.14. The van der Waals surface area contributed by atoms with Gasteiger partial charge in [0.05, 0.1) is 35.1 Å². The molecule has 2 aromatic carbocycles. The van der Waals surface area contributed by atoms with Crippen LogP contribution in [0.25, 0.3) is 0 Å². The first kappa shape index (κ1) is 24.4. The SMILES string of the molecule is Cc1nn(Cc2ccc(C(=O)Nc3ccn(Cc4c(F)c(F)c(F)c(F)c4F)n3)cc2)c(C)c1Cl. The highest BCUT2D eigenvalue weighted by Gasteiger charge is 2.26. The maximum absolute atomic E-state index is 13.9. The molecule has 0 fully saturated rings. The number of carbonyl (C=O) groups is 1. The number of nitrogens with zero attached hydrogens (tertiary/aromatic N) is 4. The number of halogens is 6. The first-order valence-electron chi connectivity index (χ1n) is 10.2. The highest BCUT2D eigenvalue weighted by molar-refractivity contribution is 6.31. The maximum Gasteiger partial charge on any atom is 0.256 e. The third kappa shape index (κ3) is 4.76. The molecule has 0 bridgehead atoms. The zero-order valence-electron chi connectivity index (χ0n) is 18.3. The molecule has 0 atom stereocenters. The van der Waals surface area contributed by atoms with E-state index in [9.17, 15) is 26.7 Å². The van der Waals surface area contributed by atoms with Crippen molar-refractivity contribution < 1.29 is 26.7 Å². The molecule has 0 aliphatic heterocycles. The van der Waals surface area contributed by atoms with Crippen LogP contribution in [0.15, 0.2) is 36.5 Å². The molecule has 0 unspecified atom stereocenters. The van der Waals surface area contributed by atoms with Crippen LogP contribution in [0, 0.1) is 42.9 Å². The van der Waals surface area contributed by atoms with Gasteiger partial charge in [-0.25, -0.2) is 22.0 Å². The van der Waals surface area contributed by atoms with Crippen molar-refractivity contribution in [3.05, 3.63) is 98.7 Å². The number of rotatable bonds is 6. The number of hydrogen-bond acceptors (Lipinski definition) is 3. The van der Waals surface area contributed by atoms with Gasteiger partial charge in [-0.2, -0.15) is 10.2 Å². The second-order valence-electron chi connectivity index (χ2n) is 7.74. The van der Waals surface area contributed by atoms with Crippen molar-refractivity contribution in [1.29, 1.82) is 0 Å². The Kier molecular flexibility index (Phi) is 6.62. The lowest BCUT2D eigenvalue weighted by atomic mass is 10.1. The summed E-state index contributed by atoms with van der Waals surface area (Å²) >= 11 is 6.16. The van der Waals surface area contributed by atoms with Crippen LogP contribution in [0.4, 0.5) is 27.8 Å². The number of benzene rings is 2. The Bertz CT molecular complexity index is 1400. The zero-order valence-corrected chi connectivity index (χ0v) is 19.1. The van der Waals surface area contributed by atoms with Crippen LogP contribution >= 0.6 is 11.6 Å². The van der Waals surface area contributed by atoms with Crippen molar-refractivity contribution in [3.63, 3.8) is 0 Å². The van der Waals surface area contributed by atoms with Gasteiger partial charge >= 0.3 is 0 Å². The Balaban J connectivity index is 1.44. The van der Waals surface area contributed by atoms with Crippen LogP contribution in [0.2, 0.25) is 5.02 Å². The predicted octanol–water partition coefficient (Wildman–Crippen LogP) is 5.39. The van der Waals surface area contributed by atoms with E-state index in [4.69, 9.17) is 11.6 Å². The summed E-state index contributed by atoms with van der Waals surface area (Å²) in [5, 5.41) is 11.4. The fourth-order valence-electron chi connectivity index (χ4n) is 3.42. The van der Waals surface area contributed by atoms with Crippen molar-refractivity contribution in [2.45, 2.75) is 26.9 Å². The van der Waals surface area contributed by atoms with E-state index in [0.29, 0.717) is 17.1 Å². The molecule has 4 aromatic rings. The Morgan fingerprint density at radius 2 is 1.49 bits per heavy atom. The van der Waals surface area contributed by atoms with E-state index in [1.165, 1.54) is 12.3 Å². The molecule has 0 aliphatic rings. The maximum atomic E-state index is 13.9. The van der Waals surface area contributed by atoms with Gasteiger partial charge in [0.15, 0.2) is 29.1 Å². The van der Waals surface area contributed by atoms with Crippen LogP contribution in [0.5, 0.6) is 0 Å². The minimum absolute atomic E-state index is 0.0280. The van der Waals surface area contributed by atoms with Crippen molar-refractivity contribution >= 4 is 23.3 Å². The second kappa shape index (κ2) is 9.49. The largest absolute Gasteiger partial charge is 0.305 e. The number of aromatic nitrogens is 4. The first-order chi connectivity index (χ1) is 16.6. The van der Waals surface area contributed by atoms with Crippen molar-refractivity contribution in [2.75, 3.05) is 5.32 Å². The first-order valence-corrected chi connectivity index (χ1v) is 10.6. The Labute approximate surface area is 200 Å². The summed E-state index contributed by atoms with van der Waals surface area (Å²) in [5.41, 5.74) is 1.71. The molecule has 0 radical (unpaired) electrons. The van der Waals surface area contributed by atoms with E-state index in [-0.39, 0.29) is 5.82 Å². The minimum atomic E-state index is -2.23. The molecule has 6 nitrogen and oxygen atoms in total. The zero-order chi connectivity index (χ0) is 25.4. The van der Waals surface area contributed by atoms with Gasteiger partial charge < -0.3 is 5.32 Å². The van der Waals surface area contributed by atoms with Crippen LogP contribution in [0.3, 0.4) is 0 Å². The Morgan fingerprint density at radius 3 is 2.06 bits per heavy atom. The fraction of sp³-hybridized carbons (Fsp3) is 0.174. The van der Waals surface area contributed by atoms with Crippen LogP contribution in [-0.2, 0) is 13.1 Å². The van der Waals surface area contributed by atoms with Gasteiger partial charge in [-0.3, -0.25) is 14.2 Å². The Hall–Kier alpha value is -3.73. The quantitative estimate of drug-likeness (QED) is 0.215. The lowest BCUT2D eigenvalue weighted by Gasteiger charge is -2.08. The van der Waals surface area contributed by atoms with Gasteiger partial charge in [0.1, 0.15) is 0 Å². The summed E-state index contributed by atoms with van der Waals surface area (Å²) in [6.07, 6.45) is 1.23. The molecular formula is C23H17ClF5N5O. The van der Waals surface area contributed by atoms with Gasteiger partial charge in [-0.05, 0) is 31.5 Å². The van der Waals surface area contributed by atoms with Crippen LogP contribution in [-0.4, -0.2) is 25.5 Å². The summed E-state index contributed by atoms with van der Waals surface area (Å²) in [6, 6.07) is 8.03. The predicted molar refractivity (Wildman–Crippen MR) is 118 cm³/mol.